The van der Waals surface area contributed by atoms with Crippen molar-refractivity contribution in [2.45, 2.75) is 132 Å². The molecule has 0 aliphatic heterocycles. The van der Waals surface area contributed by atoms with E-state index in [1.165, 1.54) is 88.2 Å². The van der Waals surface area contributed by atoms with Gasteiger partial charge in [-0.05, 0) is 111 Å². The molecule has 2 heteroatoms. The molecule has 3 saturated carbocycles. The first-order valence-electron chi connectivity index (χ1n) is 14.7. The molecule has 4 unspecified atom stereocenters. The minimum atomic E-state index is 0.559. The third-order valence-corrected chi connectivity index (χ3v) is 8.29. The Morgan fingerprint density at radius 3 is 2.18 bits per heavy atom. The number of hydrogen-bond acceptors (Lipinski definition) is 1. The standard InChI is InChI=1S/C27H44.2C2H6.CH4ClN/c1-20(2)10-8-12-22(4)25-17-18-26-24(14-9-19-27(25,26)5)16-15-23-13-7-6-11-21(23)3;2*1-2;1-3-2/h15-16,20,22,25-26H,3,6-14,17-19H2,1-2,4-5H3;2*1-2H3;3H,1H3/b23-15-,24-16+;;;. The summed E-state index contributed by atoms with van der Waals surface area (Å²) in [6.45, 7) is 22.3. The van der Waals surface area contributed by atoms with Gasteiger partial charge in [-0.2, -0.15) is 0 Å². The molecule has 0 saturated heterocycles. The van der Waals surface area contributed by atoms with Gasteiger partial charge in [0.15, 0.2) is 0 Å². The van der Waals surface area contributed by atoms with Gasteiger partial charge in [0.2, 0.25) is 0 Å². The third kappa shape index (κ3) is 10.2. The summed E-state index contributed by atoms with van der Waals surface area (Å²) in [6, 6.07) is 0. The molecule has 0 heterocycles. The normalized spacial score (nSPS) is 29.3. The molecule has 0 bridgehead atoms. The highest BCUT2D eigenvalue weighted by Crippen LogP contribution is 2.59. The number of fused-ring (bicyclic) bond motifs is 1. The van der Waals surface area contributed by atoms with Crippen LogP contribution in [0.3, 0.4) is 0 Å². The summed E-state index contributed by atoms with van der Waals surface area (Å²) in [5.74, 6) is 3.54. The van der Waals surface area contributed by atoms with Crippen molar-refractivity contribution < 1.29 is 0 Å². The molecule has 0 aromatic heterocycles. The lowest BCUT2D eigenvalue weighted by Gasteiger charge is -2.44. The Morgan fingerprint density at radius 2 is 1.59 bits per heavy atom. The van der Waals surface area contributed by atoms with Crippen molar-refractivity contribution in [2.24, 2.45) is 29.1 Å². The van der Waals surface area contributed by atoms with E-state index in [4.69, 9.17) is 11.8 Å². The summed E-state index contributed by atoms with van der Waals surface area (Å²) < 4.78 is 0. The molecule has 200 valence electrons. The van der Waals surface area contributed by atoms with E-state index in [1.807, 2.05) is 27.7 Å². The zero-order valence-corrected chi connectivity index (χ0v) is 25.3. The first kappa shape index (κ1) is 33.5. The second-order valence-corrected chi connectivity index (χ2v) is 11.2. The summed E-state index contributed by atoms with van der Waals surface area (Å²) in [5, 5.41) is 0. The van der Waals surface area contributed by atoms with Gasteiger partial charge in [0.05, 0.1) is 0 Å². The van der Waals surface area contributed by atoms with Crippen LogP contribution >= 0.6 is 11.8 Å². The van der Waals surface area contributed by atoms with Gasteiger partial charge in [0.25, 0.3) is 0 Å². The molecule has 3 rings (SSSR count). The van der Waals surface area contributed by atoms with Crippen LogP contribution in [0.4, 0.5) is 0 Å². The number of halogens is 1. The second-order valence-electron chi connectivity index (χ2n) is 10.8. The monoisotopic (exact) mass is 493 g/mol. The van der Waals surface area contributed by atoms with Crippen LogP contribution in [0, 0.1) is 29.1 Å². The van der Waals surface area contributed by atoms with E-state index in [2.05, 4.69) is 51.3 Å². The van der Waals surface area contributed by atoms with Gasteiger partial charge in [-0.15, -0.1) is 0 Å². The Bertz CT molecular complexity index is 602. The molecular formula is C32H60ClN. The van der Waals surface area contributed by atoms with Crippen LogP contribution in [-0.4, -0.2) is 7.05 Å². The van der Waals surface area contributed by atoms with E-state index in [9.17, 15) is 0 Å². The van der Waals surface area contributed by atoms with Gasteiger partial charge in [0.1, 0.15) is 0 Å². The molecule has 0 amide bonds. The molecule has 0 aromatic rings. The van der Waals surface area contributed by atoms with E-state index in [0.29, 0.717) is 5.41 Å². The average Bonchev–Trinajstić information content (AvgIpc) is 3.19. The largest absolute Gasteiger partial charge is 0.237 e. The minimum Gasteiger partial charge on any atom is -0.237 e. The molecule has 4 atom stereocenters. The summed E-state index contributed by atoms with van der Waals surface area (Å²) in [6.07, 6.45) is 21.5. The fourth-order valence-corrected chi connectivity index (χ4v) is 6.66. The molecular weight excluding hydrogens is 434 g/mol. The highest BCUT2D eigenvalue weighted by Gasteiger charge is 2.50. The summed E-state index contributed by atoms with van der Waals surface area (Å²) in [7, 11) is 1.64. The lowest BCUT2D eigenvalue weighted by atomic mass is 9.60. The van der Waals surface area contributed by atoms with E-state index in [1.54, 1.807) is 12.6 Å². The van der Waals surface area contributed by atoms with Crippen LogP contribution < -0.4 is 4.84 Å². The quantitative estimate of drug-likeness (QED) is 0.362. The SMILES string of the molecule is C=C1CCCC/C1=C/C=C1\CCCC2(C)C1CCC2C(C)CCCC(C)C.CC.CC.CNCl. The fraction of sp³-hybridized carbons (Fsp3) is 0.812. The highest BCUT2D eigenvalue weighted by atomic mass is 35.5. The molecule has 0 spiro atoms. The van der Waals surface area contributed by atoms with Crippen molar-refractivity contribution in [2.75, 3.05) is 7.05 Å². The number of rotatable bonds is 6. The zero-order valence-electron chi connectivity index (χ0n) is 24.5. The van der Waals surface area contributed by atoms with Gasteiger partial charge < -0.3 is 0 Å². The molecule has 34 heavy (non-hydrogen) atoms. The van der Waals surface area contributed by atoms with Gasteiger partial charge in [-0.3, -0.25) is 0 Å². The first-order valence-corrected chi connectivity index (χ1v) is 15.1. The second kappa shape index (κ2) is 18.7. The zero-order chi connectivity index (χ0) is 26.1. The smallest absolute Gasteiger partial charge is 0.000695 e. The molecule has 1 N–H and O–H groups in total. The lowest BCUT2D eigenvalue weighted by Crippen LogP contribution is -2.36. The topological polar surface area (TPSA) is 12.0 Å². The van der Waals surface area contributed by atoms with Crippen molar-refractivity contribution in [1.29, 1.82) is 0 Å². The van der Waals surface area contributed by atoms with Crippen LogP contribution in [0.15, 0.2) is 35.5 Å². The Kier molecular flexibility index (Phi) is 18.4. The molecule has 3 aliphatic rings. The van der Waals surface area contributed by atoms with Crippen LogP contribution in [0.25, 0.3) is 0 Å². The van der Waals surface area contributed by atoms with Crippen LogP contribution in [0.5, 0.6) is 0 Å². The predicted molar refractivity (Wildman–Crippen MR) is 157 cm³/mol. The van der Waals surface area contributed by atoms with Crippen LogP contribution in [0.2, 0.25) is 0 Å². The summed E-state index contributed by atoms with van der Waals surface area (Å²) in [5.41, 5.74) is 5.27. The number of hydrogen-bond donors (Lipinski definition) is 1. The number of allylic oxidation sites excluding steroid dienone is 5. The van der Waals surface area contributed by atoms with E-state index < -0.39 is 0 Å². The van der Waals surface area contributed by atoms with Crippen LogP contribution in [0.1, 0.15) is 132 Å². The van der Waals surface area contributed by atoms with Gasteiger partial charge in [-0.25, -0.2) is 4.84 Å². The summed E-state index contributed by atoms with van der Waals surface area (Å²) in [4.78, 5) is 2.22. The van der Waals surface area contributed by atoms with Crippen molar-refractivity contribution in [3.05, 3.63) is 35.5 Å². The van der Waals surface area contributed by atoms with Crippen molar-refractivity contribution in [1.82, 2.24) is 4.84 Å². The van der Waals surface area contributed by atoms with Crippen molar-refractivity contribution >= 4 is 11.8 Å². The maximum Gasteiger partial charge on any atom is -0.000695 e. The third-order valence-electron chi connectivity index (χ3n) is 8.29. The maximum absolute atomic E-state index is 4.75. The van der Waals surface area contributed by atoms with Crippen LogP contribution in [-0.2, 0) is 0 Å². The fourth-order valence-electron chi connectivity index (χ4n) is 6.66. The van der Waals surface area contributed by atoms with Gasteiger partial charge >= 0.3 is 0 Å². The Morgan fingerprint density at radius 1 is 0.971 bits per heavy atom. The Labute approximate surface area is 220 Å². The molecule has 1 nitrogen and oxygen atoms in total. The first-order chi connectivity index (χ1) is 16.3. The Hall–Kier alpha value is -0.530. The molecule has 3 aliphatic carbocycles. The summed E-state index contributed by atoms with van der Waals surface area (Å²) >= 11 is 4.75. The lowest BCUT2D eigenvalue weighted by molar-refractivity contribution is 0.0929. The van der Waals surface area contributed by atoms with Crippen molar-refractivity contribution in [3.8, 4) is 0 Å². The van der Waals surface area contributed by atoms with E-state index in [-0.39, 0.29) is 0 Å². The maximum atomic E-state index is 4.75. The minimum absolute atomic E-state index is 0.559. The van der Waals surface area contributed by atoms with E-state index in [0.717, 1.165) is 23.7 Å². The predicted octanol–water partition coefficient (Wildman–Crippen LogP) is 11.1. The highest BCUT2D eigenvalue weighted by molar-refractivity contribution is 6.13. The Balaban J connectivity index is 0.00000141. The molecule has 0 aromatic carbocycles. The number of nitrogens with one attached hydrogen (secondary N) is 1. The molecule has 0 radical (unpaired) electrons. The van der Waals surface area contributed by atoms with Gasteiger partial charge in [-0.1, -0.05) is 105 Å². The average molecular weight is 494 g/mol. The molecule has 3 fully saturated rings. The van der Waals surface area contributed by atoms with Gasteiger partial charge in [0, 0.05) is 0 Å². The van der Waals surface area contributed by atoms with Crippen molar-refractivity contribution in [3.63, 3.8) is 0 Å². The van der Waals surface area contributed by atoms with E-state index >= 15 is 0 Å².